The summed E-state index contributed by atoms with van der Waals surface area (Å²) >= 11 is 0. The van der Waals surface area contributed by atoms with Crippen LogP contribution in [0.15, 0.2) is 47.4 Å². The van der Waals surface area contributed by atoms with Crippen LogP contribution in [-0.2, 0) is 10.0 Å². The standard InChI is InChI=1S/C16H16NO4S/c1-11(2)12-6-5-7-13(10-12)22(20,21)17-15-9-4-3-8-14(15)16(18)19/h3-5,7-11,17H,1-2H3,(H,18,19). The maximum atomic E-state index is 12.4. The van der Waals surface area contributed by atoms with Gasteiger partial charge in [0.15, 0.2) is 0 Å². The minimum Gasteiger partial charge on any atom is -0.478 e. The van der Waals surface area contributed by atoms with Crippen molar-refractivity contribution in [2.24, 2.45) is 0 Å². The van der Waals surface area contributed by atoms with Crippen LogP contribution in [-0.4, -0.2) is 19.5 Å². The number of carbonyl (C=O) groups is 1. The van der Waals surface area contributed by atoms with E-state index in [1.54, 1.807) is 12.1 Å². The number of nitrogens with one attached hydrogen (secondary N) is 1. The number of carboxylic acid groups (broad SMARTS) is 1. The molecule has 5 nitrogen and oxygen atoms in total. The topological polar surface area (TPSA) is 83.5 Å². The van der Waals surface area contributed by atoms with Crippen LogP contribution in [0.5, 0.6) is 0 Å². The molecule has 0 aliphatic rings. The van der Waals surface area contributed by atoms with Crippen molar-refractivity contribution in [1.82, 2.24) is 0 Å². The molecule has 6 heteroatoms. The van der Waals surface area contributed by atoms with E-state index in [0.29, 0.717) is 0 Å². The quantitative estimate of drug-likeness (QED) is 0.887. The fourth-order valence-electron chi connectivity index (χ4n) is 1.93. The van der Waals surface area contributed by atoms with Crippen molar-refractivity contribution in [3.63, 3.8) is 0 Å². The summed E-state index contributed by atoms with van der Waals surface area (Å²) in [4.78, 5) is 11.2. The third-order valence-electron chi connectivity index (χ3n) is 3.13. The normalized spacial score (nSPS) is 11.4. The van der Waals surface area contributed by atoms with E-state index in [1.165, 1.54) is 30.3 Å². The van der Waals surface area contributed by atoms with Crippen molar-refractivity contribution in [1.29, 1.82) is 0 Å². The molecule has 0 aliphatic heterocycles. The van der Waals surface area contributed by atoms with Gasteiger partial charge in [0, 0.05) is 0 Å². The Bertz CT molecular complexity index is 797. The second-order valence-corrected chi connectivity index (χ2v) is 6.77. The molecule has 0 saturated heterocycles. The monoisotopic (exact) mass is 318 g/mol. The highest BCUT2D eigenvalue weighted by atomic mass is 32.2. The predicted octanol–water partition coefficient (Wildman–Crippen LogP) is 3.11. The number of rotatable bonds is 5. The van der Waals surface area contributed by atoms with Gasteiger partial charge in [-0.25, -0.2) is 13.2 Å². The van der Waals surface area contributed by atoms with Gasteiger partial charge in [-0.2, -0.15) is 0 Å². The molecule has 0 atom stereocenters. The Morgan fingerprint density at radius 1 is 1.23 bits per heavy atom. The number of carboxylic acids is 1. The fourth-order valence-corrected chi connectivity index (χ4v) is 3.04. The lowest BCUT2D eigenvalue weighted by atomic mass is 10.0. The zero-order valence-electron chi connectivity index (χ0n) is 12.2. The third kappa shape index (κ3) is 3.46. The van der Waals surface area contributed by atoms with Crippen LogP contribution in [0.1, 0.15) is 35.7 Å². The van der Waals surface area contributed by atoms with Crippen molar-refractivity contribution in [2.75, 3.05) is 4.72 Å². The summed E-state index contributed by atoms with van der Waals surface area (Å²) in [5.41, 5.74) is 0.709. The Labute approximate surface area is 129 Å². The number of hydrogen-bond acceptors (Lipinski definition) is 3. The Balaban J connectivity index is 2.41. The Hall–Kier alpha value is -2.34. The van der Waals surface area contributed by atoms with Crippen molar-refractivity contribution in [3.8, 4) is 0 Å². The number of aromatic carboxylic acids is 1. The SMILES string of the molecule is CC(C)c1[c]ccc(S(=O)(=O)Nc2ccccc2C(=O)O)c1. The molecule has 2 rings (SSSR count). The summed E-state index contributed by atoms with van der Waals surface area (Å²) in [5, 5.41) is 9.11. The number of anilines is 1. The first-order chi connectivity index (χ1) is 10.3. The molecule has 0 heterocycles. The van der Waals surface area contributed by atoms with Gasteiger partial charge in [-0.05, 0) is 41.8 Å². The smallest absolute Gasteiger partial charge is 0.337 e. The van der Waals surface area contributed by atoms with E-state index in [9.17, 15) is 13.2 Å². The summed E-state index contributed by atoms with van der Waals surface area (Å²) in [6, 6.07) is 13.4. The van der Waals surface area contributed by atoms with Crippen LogP contribution in [0, 0.1) is 6.07 Å². The molecule has 22 heavy (non-hydrogen) atoms. The third-order valence-corrected chi connectivity index (χ3v) is 4.49. The molecule has 1 radical (unpaired) electrons. The molecule has 2 aromatic rings. The minimum absolute atomic E-state index is 0.0360. The molecule has 0 unspecified atom stereocenters. The lowest BCUT2D eigenvalue weighted by Crippen LogP contribution is -2.15. The van der Waals surface area contributed by atoms with E-state index < -0.39 is 16.0 Å². The average Bonchev–Trinajstić information content (AvgIpc) is 2.47. The largest absolute Gasteiger partial charge is 0.478 e. The van der Waals surface area contributed by atoms with Gasteiger partial charge in [-0.3, -0.25) is 4.72 Å². The van der Waals surface area contributed by atoms with Crippen LogP contribution >= 0.6 is 0 Å². The Kier molecular flexibility index (Phi) is 4.51. The summed E-state index contributed by atoms with van der Waals surface area (Å²) in [6.07, 6.45) is 0. The van der Waals surface area contributed by atoms with Gasteiger partial charge in [0.05, 0.1) is 16.1 Å². The molecule has 2 N–H and O–H groups in total. The minimum atomic E-state index is -3.86. The van der Waals surface area contributed by atoms with Crippen molar-refractivity contribution < 1.29 is 18.3 Å². The zero-order chi connectivity index (χ0) is 16.3. The van der Waals surface area contributed by atoms with E-state index >= 15 is 0 Å². The molecule has 0 fully saturated rings. The first-order valence-corrected chi connectivity index (χ1v) is 8.16. The molecular formula is C16H16NO4S. The van der Waals surface area contributed by atoms with Gasteiger partial charge in [-0.15, -0.1) is 0 Å². The number of hydrogen-bond donors (Lipinski definition) is 2. The van der Waals surface area contributed by atoms with Gasteiger partial charge in [0.1, 0.15) is 0 Å². The van der Waals surface area contributed by atoms with Gasteiger partial charge in [-0.1, -0.05) is 32.0 Å². The highest BCUT2D eigenvalue weighted by molar-refractivity contribution is 7.92. The summed E-state index contributed by atoms with van der Waals surface area (Å²) in [5.74, 6) is -1.05. The molecule has 0 spiro atoms. The number of sulfonamides is 1. The van der Waals surface area contributed by atoms with E-state index in [-0.39, 0.29) is 22.1 Å². The lowest BCUT2D eigenvalue weighted by molar-refractivity contribution is 0.0698. The second-order valence-electron chi connectivity index (χ2n) is 5.09. The molecule has 0 aromatic heterocycles. The van der Waals surface area contributed by atoms with E-state index in [4.69, 9.17) is 5.11 Å². The molecule has 0 saturated carbocycles. The van der Waals surface area contributed by atoms with Crippen LogP contribution in [0.3, 0.4) is 0 Å². The molecule has 0 aliphatic carbocycles. The van der Waals surface area contributed by atoms with Gasteiger partial charge < -0.3 is 5.11 Å². The second kappa shape index (κ2) is 6.19. The first kappa shape index (κ1) is 16.0. The maximum Gasteiger partial charge on any atom is 0.337 e. The van der Waals surface area contributed by atoms with Gasteiger partial charge in [0.25, 0.3) is 10.0 Å². The highest BCUT2D eigenvalue weighted by Gasteiger charge is 2.18. The van der Waals surface area contributed by atoms with E-state index in [1.807, 2.05) is 13.8 Å². The highest BCUT2D eigenvalue weighted by Crippen LogP contribution is 2.22. The summed E-state index contributed by atoms with van der Waals surface area (Å²) in [7, 11) is -3.86. The number of para-hydroxylation sites is 1. The predicted molar refractivity (Wildman–Crippen MR) is 83.6 cm³/mol. The van der Waals surface area contributed by atoms with E-state index in [2.05, 4.69) is 10.8 Å². The molecule has 0 bridgehead atoms. The fraction of sp³-hybridized carbons (Fsp3) is 0.188. The molecular weight excluding hydrogens is 302 g/mol. The van der Waals surface area contributed by atoms with Gasteiger partial charge >= 0.3 is 5.97 Å². The Morgan fingerprint density at radius 3 is 2.55 bits per heavy atom. The van der Waals surface area contributed by atoms with Crippen molar-refractivity contribution in [2.45, 2.75) is 24.7 Å². The molecule has 2 aromatic carbocycles. The zero-order valence-corrected chi connectivity index (χ0v) is 13.0. The lowest BCUT2D eigenvalue weighted by Gasteiger charge is -2.12. The van der Waals surface area contributed by atoms with Crippen LogP contribution in [0.4, 0.5) is 5.69 Å². The molecule has 115 valence electrons. The number of benzene rings is 2. The van der Waals surface area contributed by atoms with Crippen molar-refractivity contribution >= 4 is 21.7 Å². The van der Waals surface area contributed by atoms with Crippen LogP contribution in [0.25, 0.3) is 0 Å². The molecule has 0 amide bonds. The summed E-state index contributed by atoms with van der Waals surface area (Å²) in [6.45, 7) is 3.88. The maximum absolute atomic E-state index is 12.4. The average molecular weight is 318 g/mol. The van der Waals surface area contributed by atoms with Crippen molar-refractivity contribution in [3.05, 3.63) is 59.7 Å². The summed E-state index contributed by atoms with van der Waals surface area (Å²) < 4.78 is 27.2. The van der Waals surface area contributed by atoms with Gasteiger partial charge in [0.2, 0.25) is 0 Å². The van der Waals surface area contributed by atoms with Crippen LogP contribution in [0.2, 0.25) is 0 Å². The Morgan fingerprint density at radius 2 is 1.91 bits per heavy atom. The first-order valence-electron chi connectivity index (χ1n) is 6.68. The van der Waals surface area contributed by atoms with E-state index in [0.717, 1.165) is 5.56 Å². The van der Waals surface area contributed by atoms with Crippen LogP contribution < -0.4 is 4.72 Å².